The number of aliphatic hydroxyl groups excluding tert-OH is 1. The van der Waals surface area contributed by atoms with Crippen LogP contribution in [0.25, 0.3) is 0 Å². The van der Waals surface area contributed by atoms with Crippen LogP contribution >= 0.6 is 0 Å². The van der Waals surface area contributed by atoms with Gasteiger partial charge in [0.15, 0.2) is 0 Å². The molecule has 114 valence electrons. The molecule has 0 bridgehead atoms. The van der Waals surface area contributed by atoms with Crippen molar-refractivity contribution in [1.82, 2.24) is 0 Å². The SMILES string of the molecule is COC(=O)c1cc(NCC2(CO)CC2)c([N+](=O)[O-])cc1F. The van der Waals surface area contributed by atoms with Crippen LogP contribution in [0, 0.1) is 21.3 Å². The van der Waals surface area contributed by atoms with Crippen molar-refractivity contribution in [2.75, 3.05) is 25.6 Å². The van der Waals surface area contributed by atoms with Crippen LogP contribution in [0.1, 0.15) is 23.2 Å². The van der Waals surface area contributed by atoms with Crippen molar-refractivity contribution in [2.45, 2.75) is 12.8 Å². The predicted octanol–water partition coefficient (Wildman–Crippen LogP) is 1.70. The number of nitrogens with one attached hydrogen (secondary N) is 1. The molecule has 0 radical (unpaired) electrons. The number of benzene rings is 1. The smallest absolute Gasteiger partial charge is 0.340 e. The molecule has 0 saturated heterocycles. The van der Waals surface area contributed by atoms with Gasteiger partial charge in [-0.05, 0) is 18.9 Å². The van der Waals surface area contributed by atoms with Crippen LogP contribution in [0.5, 0.6) is 0 Å². The first-order valence-corrected chi connectivity index (χ1v) is 6.33. The number of rotatable bonds is 6. The van der Waals surface area contributed by atoms with Gasteiger partial charge >= 0.3 is 5.97 Å². The largest absolute Gasteiger partial charge is 0.465 e. The van der Waals surface area contributed by atoms with Crippen molar-refractivity contribution in [3.63, 3.8) is 0 Å². The monoisotopic (exact) mass is 298 g/mol. The molecule has 1 aliphatic carbocycles. The number of carbonyl (C=O) groups excluding carboxylic acids is 1. The first-order valence-electron chi connectivity index (χ1n) is 6.33. The summed E-state index contributed by atoms with van der Waals surface area (Å²) >= 11 is 0. The first kappa shape index (κ1) is 15.2. The van der Waals surface area contributed by atoms with E-state index >= 15 is 0 Å². The Hall–Kier alpha value is -2.22. The zero-order valence-electron chi connectivity index (χ0n) is 11.4. The van der Waals surface area contributed by atoms with Crippen molar-refractivity contribution in [1.29, 1.82) is 0 Å². The highest BCUT2D eigenvalue weighted by Gasteiger charge is 2.42. The molecule has 2 N–H and O–H groups in total. The fourth-order valence-corrected chi connectivity index (χ4v) is 1.97. The normalized spacial score (nSPS) is 15.4. The lowest BCUT2D eigenvalue weighted by molar-refractivity contribution is -0.384. The molecule has 1 aliphatic rings. The van der Waals surface area contributed by atoms with E-state index in [1.165, 1.54) is 0 Å². The molecule has 2 rings (SSSR count). The number of esters is 1. The van der Waals surface area contributed by atoms with Gasteiger partial charge in [-0.2, -0.15) is 0 Å². The Morgan fingerprint density at radius 3 is 2.71 bits per heavy atom. The average Bonchev–Trinajstić information content (AvgIpc) is 3.25. The summed E-state index contributed by atoms with van der Waals surface area (Å²) < 4.78 is 18.1. The highest BCUT2D eigenvalue weighted by Crippen LogP contribution is 2.45. The number of hydrogen-bond donors (Lipinski definition) is 2. The van der Waals surface area contributed by atoms with Crippen molar-refractivity contribution < 1.29 is 24.0 Å². The molecule has 0 aromatic heterocycles. The number of hydrogen-bond acceptors (Lipinski definition) is 6. The van der Waals surface area contributed by atoms with Crippen LogP contribution < -0.4 is 5.32 Å². The maximum absolute atomic E-state index is 13.7. The first-order chi connectivity index (χ1) is 9.92. The number of nitro benzene ring substituents is 1. The molecule has 0 spiro atoms. The van der Waals surface area contributed by atoms with Crippen molar-refractivity contribution >= 4 is 17.3 Å². The lowest BCUT2D eigenvalue weighted by Gasteiger charge is -2.14. The van der Waals surface area contributed by atoms with Gasteiger partial charge in [0.1, 0.15) is 11.5 Å². The number of nitrogens with zero attached hydrogens (tertiary/aromatic N) is 1. The molecule has 1 aromatic carbocycles. The molecule has 0 atom stereocenters. The van der Waals surface area contributed by atoms with Gasteiger partial charge in [-0.15, -0.1) is 0 Å². The van der Waals surface area contributed by atoms with Crippen molar-refractivity contribution in [3.05, 3.63) is 33.6 Å². The zero-order valence-corrected chi connectivity index (χ0v) is 11.4. The summed E-state index contributed by atoms with van der Waals surface area (Å²) in [5.74, 6) is -1.92. The van der Waals surface area contributed by atoms with E-state index in [4.69, 9.17) is 0 Å². The minimum atomic E-state index is -1.01. The number of aliphatic hydroxyl groups is 1. The van der Waals surface area contributed by atoms with E-state index in [0.717, 1.165) is 26.0 Å². The summed E-state index contributed by atoms with van der Waals surface area (Å²) in [7, 11) is 1.10. The van der Waals surface area contributed by atoms with E-state index in [2.05, 4.69) is 10.1 Å². The third kappa shape index (κ3) is 3.10. The second-order valence-electron chi connectivity index (χ2n) is 5.11. The number of halogens is 1. The van der Waals surface area contributed by atoms with Crippen LogP contribution in [0.15, 0.2) is 12.1 Å². The van der Waals surface area contributed by atoms with Crippen molar-refractivity contribution in [3.8, 4) is 0 Å². The van der Waals surface area contributed by atoms with Crippen LogP contribution in [-0.2, 0) is 4.74 Å². The van der Waals surface area contributed by atoms with E-state index in [0.29, 0.717) is 12.6 Å². The lowest BCUT2D eigenvalue weighted by atomic mass is 10.1. The minimum Gasteiger partial charge on any atom is -0.465 e. The van der Waals surface area contributed by atoms with E-state index in [-0.39, 0.29) is 23.3 Å². The van der Waals surface area contributed by atoms with Gasteiger partial charge in [0, 0.05) is 12.0 Å². The van der Waals surface area contributed by atoms with E-state index in [1.807, 2.05) is 0 Å². The van der Waals surface area contributed by atoms with Gasteiger partial charge in [-0.1, -0.05) is 0 Å². The van der Waals surface area contributed by atoms with Crippen LogP contribution in [0.3, 0.4) is 0 Å². The zero-order chi connectivity index (χ0) is 15.6. The molecule has 0 amide bonds. The molecule has 1 fully saturated rings. The summed E-state index contributed by atoms with van der Waals surface area (Å²) in [4.78, 5) is 21.7. The van der Waals surface area contributed by atoms with Crippen LogP contribution in [0.2, 0.25) is 0 Å². The Labute approximate surface area is 119 Å². The third-order valence-corrected chi connectivity index (χ3v) is 3.63. The summed E-state index contributed by atoms with van der Waals surface area (Å²) in [6, 6.07) is 1.75. The molecule has 0 aliphatic heterocycles. The Bertz CT molecular complexity index is 586. The third-order valence-electron chi connectivity index (χ3n) is 3.63. The number of ether oxygens (including phenoxy) is 1. The van der Waals surface area contributed by atoms with E-state index < -0.39 is 22.4 Å². The topological polar surface area (TPSA) is 102 Å². The maximum atomic E-state index is 13.7. The average molecular weight is 298 g/mol. The van der Waals surface area contributed by atoms with Gasteiger partial charge in [-0.25, -0.2) is 9.18 Å². The summed E-state index contributed by atoms with van der Waals surface area (Å²) in [6.07, 6.45) is 1.63. The van der Waals surface area contributed by atoms with Gasteiger partial charge in [0.2, 0.25) is 0 Å². The molecule has 0 unspecified atom stereocenters. The molecule has 7 nitrogen and oxygen atoms in total. The highest BCUT2D eigenvalue weighted by atomic mass is 19.1. The van der Waals surface area contributed by atoms with Crippen molar-refractivity contribution in [2.24, 2.45) is 5.41 Å². The Balaban J connectivity index is 2.31. The second-order valence-corrected chi connectivity index (χ2v) is 5.11. The summed E-state index contributed by atoms with van der Waals surface area (Å²) in [5, 5.41) is 23.0. The Morgan fingerprint density at radius 2 is 2.24 bits per heavy atom. The number of carbonyl (C=O) groups is 1. The van der Waals surface area contributed by atoms with Gasteiger partial charge in [-0.3, -0.25) is 10.1 Å². The molecular formula is C13H15FN2O5. The summed E-state index contributed by atoms with van der Waals surface area (Å²) in [5.41, 5.74) is -1.09. The highest BCUT2D eigenvalue weighted by molar-refractivity contribution is 5.91. The molecular weight excluding hydrogens is 283 g/mol. The fraction of sp³-hybridized carbons (Fsp3) is 0.462. The second kappa shape index (κ2) is 5.65. The fourth-order valence-electron chi connectivity index (χ4n) is 1.97. The molecule has 1 saturated carbocycles. The van der Waals surface area contributed by atoms with Gasteiger partial charge < -0.3 is 15.2 Å². The molecule has 8 heteroatoms. The van der Waals surface area contributed by atoms with Gasteiger partial charge in [0.05, 0.1) is 30.3 Å². The van der Waals surface area contributed by atoms with E-state index in [1.54, 1.807) is 0 Å². The number of anilines is 1. The van der Waals surface area contributed by atoms with E-state index in [9.17, 15) is 24.4 Å². The summed E-state index contributed by atoms with van der Waals surface area (Å²) in [6.45, 7) is 0.287. The Kier molecular flexibility index (Phi) is 4.08. The molecule has 21 heavy (non-hydrogen) atoms. The standard InChI is InChI=1S/C13H15FN2O5/c1-21-12(18)8-4-10(11(16(19)20)5-9(8)14)15-6-13(7-17)2-3-13/h4-5,15,17H,2-3,6-7H2,1H3. The van der Waals surface area contributed by atoms with Gasteiger partial charge in [0.25, 0.3) is 5.69 Å². The molecule has 1 aromatic rings. The lowest BCUT2D eigenvalue weighted by Crippen LogP contribution is -2.20. The predicted molar refractivity (Wildman–Crippen MR) is 71.6 cm³/mol. The minimum absolute atomic E-state index is 0.0289. The molecule has 0 heterocycles. The van der Waals surface area contributed by atoms with Crippen LogP contribution in [-0.4, -0.2) is 36.3 Å². The maximum Gasteiger partial charge on any atom is 0.340 e. The number of methoxy groups -OCH3 is 1. The van der Waals surface area contributed by atoms with Crippen LogP contribution in [0.4, 0.5) is 15.8 Å². The number of nitro groups is 1. The Morgan fingerprint density at radius 1 is 1.57 bits per heavy atom. The quantitative estimate of drug-likeness (QED) is 0.471.